The zero-order valence-electron chi connectivity index (χ0n) is 10.1. The molecule has 0 aliphatic rings. The number of aliphatic hydroxyl groups excluding tert-OH is 1. The van der Waals surface area contributed by atoms with Crippen LogP contribution in [0, 0.1) is 0 Å². The van der Waals surface area contributed by atoms with E-state index in [1.807, 2.05) is 0 Å². The molecule has 0 bridgehead atoms. The Labute approximate surface area is 115 Å². The van der Waals surface area contributed by atoms with Crippen molar-refractivity contribution in [3.8, 4) is 5.75 Å². The summed E-state index contributed by atoms with van der Waals surface area (Å²) < 4.78 is 6.23. The molecule has 1 atom stereocenters. The lowest BCUT2D eigenvalue weighted by Crippen LogP contribution is -2.29. The van der Waals surface area contributed by atoms with Crippen LogP contribution >= 0.6 is 15.9 Å². The van der Waals surface area contributed by atoms with Gasteiger partial charge in [0.15, 0.2) is 6.61 Å². The molecular weight excluding hydrogens is 298 g/mol. The Kier molecular flexibility index (Phi) is 5.88. The fourth-order valence-corrected chi connectivity index (χ4v) is 1.74. The number of nitrogens with one attached hydrogen (secondary N) is 1. The second-order valence-corrected chi connectivity index (χ2v) is 4.66. The third-order valence-corrected chi connectivity index (χ3v) is 2.72. The fraction of sp³-hybridized carbons (Fsp3) is 0.308. The summed E-state index contributed by atoms with van der Waals surface area (Å²) in [6, 6.07) is 5.28. The Morgan fingerprint density at radius 2 is 2.39 bits per heavy atom. The summed E-state index contributed by atoms with van der Waals surface area (Å²) >= 11 is 3.32. The molecule has 0 heterocycles. The van der Waals surface area contributed by atoms with E-state index in [-0.39, 0.29) is 12.5 Å². The lowest BCUT2D eigenvalue weighted by atomic mass is 10.1. The van der Waals surface area contributed by atoms with Gasteiger partial charge in [0.25, 0.3) is 5.91 Å². The Balaban J connectivity index is 2.66. The first-order chi connectivity index (χ1) is 8.54. The number of amides is 1. The van der Waals surface area contributed by atoms with Crippen molar-refractivity contribution in [2.24, 2.45) is 0 Å². The van der Waals surface area contributed by atoms with Crippen LogP contribution in [0.15, 0.2) is 35.3 Å². The first-order valence-corrected chi connectivity index (χ1v) is 6.31. The van der Waals surface area contributed by atoms with Crippen LogP contribution in [0.3, 0.4) is 0 Å². The van der Waals surface area contributed by atoms with Crippen molar-refractivity contribution < 1.29 is 14.6 Å². The van der Waals surface area contributed by atoms with Crippen molar-refractivity contribution in [1.82, 2.24) is 5.32 Å². The quantitative estimate of drug-likeness (QED) is 0.791. The van der Waals surface area contributed by atoms with Crippen LogP contribution in [0.25, 0.3) is 0 Å². The van der Waals surface area contributed by atoms with Gasteiger partial charge >= 0.3 is 0 Å². The molecule has 0 aliphatic heterocycles. The van der Waals surface area contributed by atoms with Gasteiger partial charge in [0.1, 0.15) is 5.75 Å². The van der Waals surface area contributed by atoms with E-state index in [0.717, 1.165) is 4.47 Å². The van der Waals surface area contributed by atoms with Crippen LogP contribution < -0.4 is 10.1 Å². The molecule has 0 unspecified atom stereocenters. The van der Waals surface area contributed by atoms with Crippen molar-refractivity contribution in [2.45, 2.75) is 13.0 Å². The maximum atomic E-state index is 11.4. The summed E-state index contributed by atoms with van der Waals surface area (Å²) in [4.78, 5) is 11.4. The van der Waals surface area contributed by atoms with Gasteiger partial charge in [-0.1, -0.05) is 22.0 Å². The zero-order valence-corrected chi connectivity index (χ0v) is 11.7. The van der Waals surface area contributed by atoms with Crippen LogP contribution in [0.5, 0.6) is 5.75 Å². The van der Waals surface area contributed by atoms with E-state index < -0.39 is 6.10 Å². The standard InChI is InChI=1S/C13H16BrNO3/c1-3-6-15-13(17)8-18-12-5-4-10(14)7-11(12)9(2)16/h3-5,7,9,16H,1,6,8H2,2H3,(H,15,17)/t9-/m1/s1. The van der Waals surface area contributed by atoms with Gasteiger partial charge in [0.2, 0.25) is 0 Å². The molecule has 1 aromatic rings. The molecule has 0 spiro atoms. The molecule has 0 fully saturated rings. The van der Waals surface area contributed by atoms with Crippen LogP contribution in [-0.4, -0.2) is 24.2 Å². The minimum Gasteiger partial charge on any atom is -0.483 e. The highest BCUT2D eigenvalue weighted by atomic mass is 79.9. The van der Waals surface area contributed by atoms with E-state index in [2.05, 4.69) is 27.8 Å². The van der Waals surface area contributed by atoms with Crippen LogP contribution in [-0.2, 0) is 4.79 Å². The second-order valence-electron chi connectivity index (χ2n) is 3.74. The van der Waals surface area contributed by atoms with E-state index in [0.29, 0.717) is 17.9 Å². The van der Waals surface area contributed by atoms with E-state index in [1.165, 1.54) is 0 Å². The Bertz CT molecular complexity index is 432. The zero-order chi connectivity index (χ0) is 13.5. The van der Waals surface area contributed by atoms with Crippen LogP contribution in [0.4, 0.5) is 0 Å². The molecule has 18 heavy (non-hydrogen) atoms. The predicted molar refractivity (Wildman–Crippen MR) is 73.5 cm³/mol. The van der Waals surface area contributed by atoms with Gasteiger partial charge in [-0.15, -0.1) is 6.58 Å². The van der Waals surface area contributed by atoms with E-state index in [4.69, 9.17) is 4.74 Å². The largest absolute Gasteiger partial charge is 0.483 e. The Morgan fingerprint density at radius 1 is 1.67 bits per heavy atom. The van der Waals surface area contributed by atoms with Crippen molar-refractivity contribution in [3.63, 3.8) is 0 Å². The maximum Gasteiger partial charge on any atom is 0.258 e. The number of aliphatic hydroxyl groups is 1. The minimum absolute atomic E-state index is 0.0881. The van der Waals surface area contributed by atoms with Crippen molar-refractivity contribution >= 4 is 21.8 Å². The van der Waals surface area contributed by atoms with Crippen LogP contribution in [0.2, 0.25) is 0 Å². The summed E-state index contributed by atoms with van der Waals surface area (Å²) in [5, 5.41) is 12.2. The molecule has 98 valence electrons. The molecule has 1 aromatic carbocycles. The number of benzene rings is 1. The van der Waals surface area contributed by atoms with Gasteiger partial charge in [-0.2, -0.15) is 0 Å². The molecule has 4 nitrogen and oxygen atoms in total. The summed E-state index contributed by atoms with van der Waals surface area (Å²) in [5.41, 5.74) is 0.640. The number of ether oxygens (including phenoxy) is 1. The van der Waals surface area contributed by atoms with Gasteiger partial charge in [-0.3, -0.25) is 4.79 Å². The lowest BCUT2D eigenvalue weighted by molar-refractivity contribution is -0.122. The molecule has 0 saturated carbocycles. The van der Waals surface area contributed by atoms with E-state index in [1.54, 1.807) is 31.2 Å². The number of halogens is 1. The fourth-order valence-electron chi connectivity index (χ4n) is 1.36. The lowest BCUT2D eigenvalue weighted by Gasteiger charge is -2.13. The minimum atomic E-state index is -0.659. The molecule has 0 aliphatic carbocycles. The average Bonchev–Trinajstić information content (AvgIpc) is 2.34. The number of carbonyl (C=O) groups is 1. The first kappa shape index (κ1) is 14.7. The molecule has 2 N–H and O–H groups in total. The van der Waals surface area contributed by atoms with E-state index in [9.17, 15) is 9.90 Å². The first-order valence-electron chi connectivity index (χ1n) is 5.52. The molecule has 0 aromatic heterocycles. The summed E-state index contributed by atoms with van der Waals surface area (Å²) in [5.74, 6) is 0.274. The summed E-state index contributed by atoms with van der Waals surface area (Å²) in [6.45, 7) is 5.47. The van der Waals surface area contributed by atoms with Crippen molar-refractivity contribution in [2.75, 3.05) is 13.2 Å². The van der Waals surface area contributed by atoms with Crippen LogP contribution in [0.1, 0.15) is 18.6 Å². The SMILES string of the molecule is C=CCNC(=O)COc1ccc(Br)cc1[C@@H](C)O. The number of rotatable bonds is 6. The van der Waals surface area contributed by atoms with Gasteiger partial charge in [0, 0.05) is 16.6 Å². The molecule has 0 radical (unpaired) electrons. The number of hydrogen-bond acceptors (Lipinski definition) is 3. The highest BCUT2D eigenvalue weighted by Gasteiger charge is 2.11. The normalized spacial score (nSPS) is 11.7. The Morgan fingerprint density at radius 3 is 3.00 bits per heavy atom. The number of hydrogen-bond donors (Lipinski definition) is 2. The number of carbonyl (C=O) groups excluding carboxylic acids is 1. The highest BCUT2D eigenvalue weighted by Crippen LogP contribution is 2.28. The monoisotopic (exact) mass is 313 g/mol. The Hall–Kier alpha value is -1.33. The summed E-state index contributed by atoms with van der Waals surface area (Å²) in [6.07, 6.45) is 0.937. The molecular formula is C13H16BrNO3. The predicted octanol–water partition coefficient (Wildman–Crippen LogP) is 2.18. The van der Waals surface area contributed by atoms with Crippen molar-refractivity contribution in [3.05, 3.63) is 40.9 Å². The average molecular weight is 314 g/mol. The smallest absolute Gasteiger partial charge is 0.258 e. The third kappa shape index (κ3) is 4.50. The molecule has 0 saturated heterocycles. The van der Waals surface area contributed by atoms with Gasteiger partial charge in [-0.05, 0) is 25.1 Å². The van der Waals surface area contributed by atoms with Crippen molar-refractivity contribution in [1.29, 1.82) is 0 Å². The third-order valence-electron chi connectivity index (χ3n) is 2.22. The maximum absolute atomic E-state index is 11.4. The van der Waals surface area contributed by atoms with Gasteiger partial charge in [0.05, 0.1) is 6.10 Å². The molecule has 1 amide bonds. The van der Waals surface area contributed by atoms with Gasteiger partial charge < -0.3 is 15.2 Å². The van der Waals surface area contributed by atoms with Gasteiger partial charge in [-0.25, -0.2) is 0 Å². The topological polar surface area (TPSA) is 58.6 Å². The van der Waals surface area contributed by atoms with E-state index >= 15 is 0 Å². The molecule has 1 rings (SSSR count). The highest BCUT2D eigenvalue weighted by molar-refractivity contribution is 9.10. The molecule has 5 heteroatoms. The summed E-state index contributed by atoms with van der Waals surface area (Å²) in [7, 11) is 0. The second kappa shape index (κ2) is 7.18.